The molecule has 0 aliphatic carbocycles. The van der Waals surface area contributed by atoms with E-state index in [4.69, 9.17) is 0 Å². The Morgan fingerprint density at radius 1 is 1.21 bits per heavy atom. The number of aryl methyl sites for hydroxylation is 1. The number of aromatic nitrogens is 2. The summed E-state index contributed by atoms with van der Waals surface area (Å²) in [4.78, 5) is 37.8. The van der Waals surface area contributed by atoms with Crippen molar-refractivity contribution in [1.82, 2.24) is 20.0 Å². The Balaban J connectivity index is 1.95. The molecule has 3 rings (SSSR count). The molecule has 0 saturated carbocycles. The maximum Gasteiger partial charge on any atom is 0.416 e. The van der Waals surface area contributed by atoms with E-state index in [2.05, 4.69) is 10.4 Å². The van der Waals surface area contributed by atoms with Crippen LogP contribution in [0.15, 0.2) is 24.3 Å². The number of rotatable bonds is 3. The Bertz CT molecular complexity index is 965. The first kappa shape index (κ1) is 19.6. The molecule has 2 aromatic rings. The first-order valence-electron chi connectivity index (χ1n) is 8.43. The van der Waals surface area contributed by atoms with Crippen LogP contribution in [0, 0.1) is 13.8 Å². The number of ketones is 1. The molecule has 0 unspecified atom stereocenters. The smallest absolute Gasteiger partial charge is 0.353 e. The highest BCUT2D eigenvalue weighted by Gasteiger charge is 2.33. The zero-order valence-electron chi connectivity index (χ0n) is 15.1. The van der Waals surface area contributed by atoms with Crippen LogP contribution in [0.4, 0.5) is 13.2 Å². The third-order valence-corrected chi connectivity index (χ3v) is 4.46. The first-order valence-corrected chi connectivity index (χ1v) is 8.43. The second-order valence-electron chi connectivity index (χ2n) is 6.41. The number of hydrogen-bond acceptors (Lipinski definition) is 4. The van der Waals surface area contributed by atoms with Crippen molar-refractivity contribution in [1.29, 1.82) is 0 Å². The number of carbonyl (C=O) groups excluding carboxylic acids is 3. The Kier molecular flexibility index (Phi) is 4.97. The maximum absolute atomic E-state index is 13.0. The standard InChI is InChI=1S/C18H17F3N4O3/c1-10-15(16(27)17(28)24-7-6-22-14(26)9-24)11(2)25(23-10)13-5-3-4-12(8-13)18(19,20)21/h3-5,8H,6-7,9H2,1-2H3,(H,22,26). The molecule has 0 bridgehead atoms. The number of nitrogens with one attached hydrogen (secondary N) is 1. The predicted molar refractivity (Wildman–Crippen MR) is 92.0 cm³/mol. The van der Waals surface area contributed by atoms with Gasteiger partial charge in [0.2, 0.25) is 5.91 Å². The van der Waals surface area contributed by atoms with Crippen LogP contribution in [0.1, 0.15) is 27.3 Å². The van der Waals surface area contributed by atoms with Gasteiger partial charge in [-0.2, -0.15) is 18.3 Å². The van der Waals surface area contributed by atoms with Crippen molar-refractivity contribution in [2.75, 3.05) is 19.6 Å². The highest BCUT2D eigenvalue weighted by molar-refractivity contribution is 6.43. The van der Waals surface area contributed by atoms with Crippen LogP contribution in [0.2, 0.25) is 0 Å². The van der Waals surface area contributed by atoms with Gasteiger partial charge in [-0.1, -0.05) is 6.07 Å². The maximum atomic E-state index is 13.0. The molecule has 1 aliphatic rings. The molecule has 1 N–H and O–H groups in total. The van der Waals surface area contributed by atoms with E-state index in [1.54, 1.807) is 0 Å². The van der Waals surface area contributed by atoms with E-state index in [0.717, 1.165) is 17.0 Å². The molecule has 0 atom stereocenters. The van der Waals surface area contributed by atoms with Gasteiger partial charge < -0.3 is 10.2 Å². The van der Waals surface area contributed by atoms with Gasteiger partial charge in [-0.05, 0) is 32.0 Å². The summed E-state index contributed by atoms with van der Waals surface area (Å²) >= 11 is 0. The molecule has 2 amide bonds. The summed E-state index contributed by atoms with van der Waals surface area (Å²) in [7, 11) is 0. The Labute approximate surface area is 158 Å². The van der Waals surface area contributed by atoms with Gasteiger partial charge >= 0.3 is 6.18 Å². The van der Waals surface area contributed by atoms with Crippen molar-refractivity contribution in [3.63, 3.8) is 0 Å². The van der Waals surface area contributed by atoms with Gasteiger partial charge in [0.25, 0.3) is 11.7 Å². The predicted octanol–water partition coefficient (Wildman–Crippen LogP) is 1.65. The Hall–Kier alpha value is -3.17. The lowest BCUT2D eigenvalue weighted by molar-refractivity contribution is -0.137. The number of carbonyl (C=O) groups is 3. The van der Waals surface area contributed by atoms with E-state index in [1.165, 1.54) is 30.7 Å². The molecule has 7 nitrogen and oxygen atoms in total. The number of benzene rings is 1. The van der Waals surface area contributed by atoms with E-state index < -0.39 is 23.4 Å². The number of amides is 2. The molecular weight excluding hydrogens is 377 g/mol. The van der Waals surface area contributed by atoms with Crippen LogP contribution in [0.25, 0.3) is 5.69 Å². The van der Waals surface area contributed by atoms with Crippen LogP contribution in [0.3, 0.4) is 0 Å². The lowest BCUT2D eigenvalue weighted by Crippen LogP contribution is -2.51. The minimum Gasteiger partial charge on any atom is -0.353 e. The average molecular weight is 394 g/mol. The lowest BCUT2D eigenvalue weighted by atomic mass is 10.1. The zero-order valence-corrected chi connectivity index (χ0v) is 15.1. The SMILES string of the molecule is Cc1nn(-c2cccc(C(F)(F)F)c2)c(C)c1C(=O)C(=O)N1CCNC(=O)C1. The van der Waals surface area contributed by atoms with Crippen LogP contribution >= 0.6 is 0 Å². The molecule has 148 valence electrons. The van der Waals surface area contributed by atoms with Crippen molar-refractivity contribution in [2.45, 2.75) is 20.0 Å². The summed E-state index contributed by atoms with van der Waals surface area (Å²) in [6.45, 7) is 3.24. The number of hydrogen-bond donors (Lipinski definition) is 1. The average Bonchev–Trinajstić information content (AvgIpc) is 2.94. The molecule has 1 aliphatic heterocycles. The van der Waals surface area contributed by atoms with E-state index in [1.807, 2.05) is 0 Å². The molecular formula is C18H17F3N4O3. The summed E-state index contributed by atoms with van der Waals surface area (Å²) in [6, 6.07) is 4.53. The van der Waals surface area contributed by atoms with Gasteiger partial charge in [0.1, 0.15) is 6.54 Å². The minimum absolute atomic E-state index is 0.0217. The van der Waals surface area contributed by atoms with Gasteiger partial charge in [0, 0.05) is 13.1 Å². The fraction of sp³-hybridized carbons (Fsp3) is 0.333. The Morgan fingerprint density at radius 2 is 1.93 bits per heavy atom. The van der Waals surface area contributed by atoms with Gasteiger partial charge in [-0.3, -0.25) is 14.4 Å². The third kappa shape index (κ3) is 3.62. The minimum atomic E-state index is -4.52. The van der Waals surface area contributed by atoms with Crippen LogP contribution in [0.5, 0.6) is 0 Å². The number of alkyl halides is 3. The van der Waals surface area contributed by atoms with Crippen molar-refractivity contribution < 1.29 is 27.6 Å². The summed E-state index contributed by atoms with van der Waals surface area (Å²) in [5, 5.41) is 6.70. The molecule has 28 heavy (non-hydrogen) atoms. The zero-order chi connectivity index (χ0) is 20.6. The van der Waals surface area contributed by atoms with Gasteiger partial charge in [0.15, 0.2) is 0 Å². The molecule has 10 heteroatoms. The molecule has 1 aromatic carbocycles. The van der Waals surface area contributed by atoms with Crippen molar-refractivity contribution in [3.05, 3.63) is 46.8 Å². The summed E-state index contributed by atoms with van der Waals surface area (Å²) in [5.74, 6) is -2.05. The quantitative estimate of drug-likeness (QED) is 0.634. The highest BCUT2D eigenvalue weighted by Crippen LogP contribution is 2.31. The van der Waals surface area contributed by atoms with Crippen molar-refractivity contribution in [3.8, 4) is 5.69 Å². The second-order valence-corrected chi connectivity index (χ2v) is 6.41. The summed E-state index contributed by atoms with van der Waals surface area (Å²) in [5.41, 5.74) is -0.236. The number of nitrogens with zero attached hydrogens (tertiary/aromatic N) is 3. The van der Waals surface area contributed by atoms with E-state index in [0.29, 0.717) is 0 Å². The van der Waals surface area contributed by atoms with E-state index in [-0.39, 0.29) is 48.2 Å². The first-order chi connectivity index (χ1) is 13.1. The largest absolute Gasteiger partial charge is 0.416 e. The molecule has 1 fully saturated rings. The fourth-order valence-electron chi connectivity index (χ4n) is 3.10. The van der Waals surface area contributed by atoms with Gasteiger partial charge in [0.05, 0.1) is 28.2 Å². The number of piperazine rings is 1. The molecule has 0 radical (unpaired) electrons. The van der Waals surface area contributed by atoms with Gasteiger partial charge in [-0.25, -0.2) is 4.68 Å². The molecule has 1 aromatic heterocycles. The molecule has 0 spiro atoms. The number of halogens is 3. The van der Waals surface area contributed by atoms with Crippen LogP contribution < -0.4 is 5.32 Å². The van der Waals surface area contributed by atoms with Crippen LogP contribution in [-0.4, -0.2) is 51.9 Å². The third-order valence-electron chi connectivity index (χ3n) is 4.46. The second kappa shape index (κ2) is 7.10. The Morgan fingerprint density at radius 3 is 2.57 bits per heavy atom. The fourth-order valence-corrected chi connectivity index (χ4v) is 3.10. The topological polar surface area (TPSA) is 84.3 Å². The lowest BCUT2D eigenvalue weighted by Gasteiger charge is -2.25. The van der Waals surface area contributed by atoms with Crippen LogP contribution in [-0.2, 0) is 15.8 Å². The summed E-state index contributed by atoms with van der Waals surface area (Å²) in [6.07, 6.45) is -4.52. The normalized spacial score (nSPS) is 14.8. The van der Waals surface area contributed by atoms with Gasteiger partial charge in [-0.15, -0.1) is 0 Å². The van der Waals surface area contributed by atoms with Crippen molar-refractivity contribution in [2.24, 2.45) is 0 Å². The van der Waals surface area contributed by atoms with E-state index in [9.17, 15) is 27.6 Å². The molecule has 2 heterocycles. The highest BCUT2D eigenvalue weighted by atomic mass is 19.4. The summed E-state index contributed by atoms with van der Waals surface area (Å²) < 4.78 is 40.1. The molecule has 1 saturated heterocycles. The monoisotopic (exact) mass is 394 g/mol. The number of Topliss-reactive ketones (excluding diaryl/α,β-unsaturated/α-hetero) is 1. The van der Waals surface area contributed by atoms with Crippen molar-refractivity contribution >= 4 is 17.6 Å². The van der Waals surface area contributed by atoms with E-state index >= 15 is 0 Å².